The molecule has 0 aliphatic carbocycles. The van der Waals surface area contributed by atoms with Crippen LogP contribution in [0.4, 0.5) is 171 Å². The van der Waals surface area contributed by atoms with E-state index >= 15 is 0 Å². The number of alkyl halides is 37. The number of allylic oxidation sites excluding steroid dienone is 2. The lowest BCUT2D eigenvalue weighted by Crippen LogP contribution is -2.76. The highest BCUT2D eigenvalue weighted by Crippen LogP contribution is 2.68. The van der Waals surface area contributed by atoms with E-state index in [1.165, 1.54) is 0 Å². The molecule has 0 aromatic carbocycles. The van der Waals surface area contributed by atoms with Crippen molar-refractivity contribution in [3.63, 3.8) is 0 Å². The standard InChI is InChI=1S/C20HF39/c21-1(3(23)5(26,27)7(30,31)9(34,35)11(38,39)13(42,43)15(46,47)17(50,51)19(54,55)56)2(22)4(24,25)6(28,29)8(32,33)10(36,37)12(40,41)14(44,45)16(48,49)18(52,53)20(57,58)59/h3H. The molecule has 0 fully saturated rings. The van der Waals surface area contributed by atoms with Crippen molar-refractivity contribution in [3.8, 4) is 0 Å². The van der Waals surface area contributed by atoms with Crippen molar-refractivity contribution in [1.82, 2.24) is 0 Å². The molecule has 0 aliphatic rings. The van der Waals surface area contributed by atoms with Crippen LogP contribution < -0.4 is 0 Å². The predicted molar refractivity (Wildman–Crippen MR) is 100 cm³/mol. The fourth-order valence-electron chi connectivity index (χ4n) is 3.25. The van der Waals surface area contributed by atoms with Crippen LogP contribution in [0.15, 0.2) is 11.7 Å². The monoisotopic (exact) mass is 982 g/mol. The summed E-state index contributed by atoms with van der Waals surface area (Å²) in [6.45, 7) is 0. The molecule has 354 valence electrons. The van der Waals surface area contributed by atoms with Crippen LogP contribution >= 0.6 is 0 Å². The average molecular weight is 982 g/mol. The number of rotatable bonds is 16. The summed E-state index contributed by atoms with van der Waals surface area (Å²) in [6.07, 6.45) is -24.4. The van der Waals surface area contributed by atoms with E-state index in [1.54, 1.807) is 0 Å². The summed E-state index contributed by atoms with van der Waals surface area (Å²) in [5.41, 5.74) is 0. The Morgan fingerprint density at radius 2 is 0.407 bits per heavy atom. The fraction of sp³-hybridized carbons (Fsp3) is 0.900. The molecule has 39 heteroatoms. The first-order chi connectivity index (χ1) is 24.7. The van der Waals surface area contributed by atoms with E-state index < -0.39 is 119 Å². The van der Waals surface area contributed by atoms with Gasteiger partial charge in [-0.25, -0.2) is 13.2 Å². The molecule has 59 heavy (non-hydrogen) atoms. The van der Waals surface area contributed by atoms with Crippen molar-refractivity contribution in [3.05, 3.63) is 11.7 Å². The Morgan fingerprint density at radius 3 is 0.610 bits per heavy atom. The summed E-state index contributed by atoms with van der Waals surface area (Å²) in [6, 6.07) is 0. The lowest BCUT2D eigenvalue weighted by Gasteiger charge is -2.43. The van der Waals surface area contributed by atoms with E-state index in [-0.39, 0.29) is 0 Å². The van der Waals surface area contributed by atoms with E-state index in [4.69, 9.17) is 0 Å². The molecule has 0 aromatic heterocycles. The summed E-state index contributed by atoms with van der Waals surface area (Å²) in [7, 11) is 0. The summed E-state index contributed by atoms with van der Waals surface area (Å²) in [5, 5.41) is 0. The van der Waals surface area contributed by atoms with Crippen molar-refractivity contribution in [2.45, 2.75) is 107 Å². The molecule has 0 heterocycles. The van der Waals surface area contributed by atoms with Crippen LogP contribution in [0.3, 0.4) is 0 Å². The minimum Gasteiger partial charge on any atom is -0.233 e. The summed E-state index contributed by atoms with van der Waals surface area (Å²) in [5.74, 6) is -155. The topological polar surface area (TPSA) is 0 Å². The van der Waals surface area contributed by atoms with Gasteiger partial charge in [0.1, 0.15) is 0 Å². The average Bonchev–Trinajstić information content (AvgIpc) is 3.00. The number of hydrogen-bond donors (Lipinski definition) is 0. The van der Waals surface area contributed by atoms with Gasteiger partial charge in [-0.05, 0) is 0 Å². The second kappa shape index (κ2) is 13.8. The smallest absolute Gasteiger partial charge is 0.233 e. The van der Waals surface area contributed by atoms with Gasteiger partial charge in [0.05, 0.1) is 0 Å². The van der Waals surface area contributed by atoms with Gasteiger partial charge in [-0.15, -0.1) is 0 Å². The summed E-state index contributed by atoms with van der Waals surface area (Å²) in [4.78, 5) is 0. The molecular formula is C20HF39. The molecule has 0 N–H and O–H groups in total. The Kier molecular flexibility index (Phi) is 13.1. The number of halogens is 39. The molecule has 0 amide bonds. The maximum atomic E-state index is 13.8. The third-order valence-corrected chi connectivity index (χ3v) is 6.89. The first-order valence-corrected chi connectivity index (χ1v) is 12.2. The Hall–Kier alpha value is -2.99. The van der Waals surface area contributed by atoms with E-state index in [2.05, 4.69) is 0 Å². The van der Waals surface area contributed by atoms with Crippen LogP contribution in [0.2, 0.25) is 0 Å². The molecular weight excluding hydrogens is 981 g/mol. The first kappa shape index (κ1) is 56.0. The molecule has 0 radical (unpaired) electrons. The highest BCUT2D eigenvalue weighted by molar-refractivity contribution is 5.26. The Morgan fingerprint density at radius 1 is 0.237 bits per heavy atom. The molecule has 0 aromatic rings. The zero-order valence-electron chi connectivity index (χ0n) is 24.8. The first-order valence-electron chi connectivity index (χ1n) is 12.2. The third kappa shape index (κ3) is 6.69. The second-order valence-electron chi connectivity index (χ2n) is 10.7. The second-order valence-corrected chi connectivity index (χ2v) is 10.7. The van der Waals surface area contributed by atoms with Crippen LogP contribution in [0, 0.1) is 0 Å². The van der Waals surface area contributed by atoms with E-state index in [9.17, 15) is 171 Å². The lowest BCUT2D eigenvalue weighted by atomic mass is 9.86. The Bertz CT molecular complexity index is 1560. The van der Waals surface area contributed by atoms with Gasteiger partial charge in [-0.1, -0.05) is 0 Å². The largest absolute Gasteiger partial charge is 0.460 e. The van der Waals surface area contributed by atoms with Crippen LogP contribution in [0.1, 0.15) is 0 Å². The van der Waals surface area contributed by atoms with Crippen LogP contribution in [-0.2, 0) is 0 Å². The minimum absolute atomic E-state index is 6.16. The maximum absolute atomic E-state index is 13.8. The van der Waals surface area contributed by atoms with Crippen molar-refractivity contribution in [1.29, 1.82) is 0 Å². The molecule has 0 aliphatic heterocycles. The van der Waals surface area contributed by atoms with Gasteiger partial charge in [-0.3, -0.25) is 0 Å². The van der Waals surface area contributed by atoms with Gasteiger partial charge in [0.2, 0.25) is 12.0 Å². The summed E-state index contributed by atoms with van der Waals surface area (Å²) < 4.78 is 518. The Balaban J connectivity index is 7.68. The SMILES string of the molecule is FC(=C(F)C(F)(F)C(F)(F)C(F)(F)C(F)(F)C(F)(F)C(F)(F)C(F)(F)C(F)(F)C(F)(F)F)C(F)C(F)(F)C(F)(F)C(F)(F)C(F)(F)C(F)(F)C(F)(F)C(F)(F)C(F)(F)F. The Labute approximate surface area is 291 Å². The predicted octanol–water partition coefficient (Wildman–Crippen LogP) is 13.1. The van der Waals surface area contributed by atoms with Crippen molar-refractivity contribution in [2.24, 2.45) is 0 Å². The molecule has 0 rings (SSSR count). The van der Waals surface area contributed by atoms with Gasteiger partial charge in [0.15, 0.2) is 5.83 Å². The summed E-state index contributed by atoms with van der Waals surface area (Å²) >= 11 is 0. The highest BCUT2D eigenvalue weighted by Gasteiger charge is 2.98. The normalized spacial score (nSPS) is 17.9. The molecule has 1 unspecified atom stereocenters. The molecule has 0 bridgehead atoms. The van der Waals surface area contributed by atoms with Gasteiger partial charge in [0.25, 0.3) is 0 Å². The molecule has 0 saturated carbocycles. The minimum atomic E-state index is -9.94. The van der Waals surface area contributed by atoms with Gasteiger partial charge in [0, 0.05) is 0 Å². The van der Waals surface area contributed by atoms with Crippen molar-refractivity contribution in [2.75, 3.05) is 0 Å². The van der Waals surface area contributed by atoms with Crippen LogP contribution in [0.5, 0.6) is 0 Å². The molecule has 0 nitrogen and oxygen atoms in total. The maximum Gasteiger partial charge on any atom is 0.460 e. The van der Waals surface area contributed by atoms with E-state index in [0.29, 0.717) is 0 Å². The van der Waals surface area contributed by atoms with Gasteiger partial charge in [-0.2, -0.15) is 158 Å². The molecule has 1 atom stereocenters. The van der Waals surface area contributed by atoms with Crippen LogP contribution in [0.25, 0.3) is 0 Å². The van der Waals surface area contributed by atoms with E-state index in [1.807, 2.05) is 0 Å². The zero-order valence-corrected chi connectivity index (χ0v) is 24.8. The fourth-order valence-corrected chi connectivity index (χ4v) is 3.25. The van der Waals surface area contributed by atoms with E-state index in [0.717, 1.165) is 0 Å². The third-order valence-electron chi connectivity index (χ3n) is 6.89. The zero-order chi connectivity index (χ0) is 49.2. The number of hydrogen-bond acceptors (Lipinski definition) is 0. The van der Waals surface area contributed by atoms with Gasteiger partial charge < -0.3 is 0 Å². The van der Waals surface area contributed by atoms with Crippen molar-refractivity contribution >= 4 is 0 Å². The lowest BCUT2D eigenvalue weighted by molar-refractivity contribution is -0.467. The van der Waals surface area contributed by atoms with Crippen LogP contribution in [-0.4, -0.2) is 107 Å². The highest BCUT2D eigenvalue weighted by atomic mass is 19.4. The molecule has 0 spiro atoms. The van der Waals surface area contributed by atoms with Gasteiger partial charge >= 0.3 is 101 Å². The quantitative estimate of drug-likeness (QED) is 0.135. The molecule has 0 saturated heterocycles. The van der Waals surface area contributed by atoms with Crippen molar-refractivity contribution < 1.29 is 171 Å².